The maximum absolute atomic E-state index is 14.3. The Balaban J connectivity index is 1.81. The van der Waals surface area contributed by atoms with Crippen molar-refractivity contribution in [2.75, 3.05) is 17.1 Å². The standard InChI is InChI=1S/C33H36ClN3O4S/c1-33(2,3)35-32(39)30(21-24-13-6-5-7-14-24)36(22-26-16-9-11-19-28(26)34)31(38)23-37(42(4,40)41)29-20-12-17-25-15-8-10-18-27(25)29/h5-20,30H,21-23H2,1-4H3,(H,35,39)/t30-/m0/s1. The molecule has 9 heteroatoms. The number of nitrogens with one attached hydrogen (secondary N) is 1. The number of carbonyl (C=O) groups excluding carboxylic acids is 2. The molecule has 0 saturated heterocycles. The first kappa shape index (κ1) is 31.1. The Morgan fingerprint density at radius 2 is 1.48 bits per heavy atom. The highest BCUT2D eigenvalue weighted by Gasteiger charge is 2.34. The minimum Gasteiger partial charge on any atom is -0.350 e. The number of rotatable bonds is 10. The predicted molar refractivity (Wildman–Crippen MR) is 170 cm³/mol. The van der Waals surface area contributed by atoms with Crippen LogP contribution in [0, 0.1) is 0 Å². The van der Waals surface area contributed by atoms with E-state index in [9.17, 15) is 18.0 Å². The van der Waals surface area contributed by atoms with E-state index in [4.69, 9.17) is 11.6 Å². The molecule has 0 saturated carbocycles. The van der Waals surface area contributed by atoms with Gasteiger partial charge in [-0.15, -0.1) is 0 Å². The lowest BCUT2D eigenvalue weighted by molar-refractivity contribution is -0.140. The fourth-order valence-corrected chi connectivity index (χ4v) is 5.89. The number of hydrogen-bond acceptors (Lipinski definition) is 4. The van der Waals surface area contributed by atoms with Gasteiger partial charge in [0.2, 0.25) is 21.8 Å². The SMILES string of the molecule is CC(C)(C)NC(=O)[C@H](Cc1ccccc1)N(Cc1ccccc1Cl)C(=O)CN(c1cccc2ccccc12)S(C)(=O)=O. The third-order valence-electron chi connectivity index (χ3n) is 6.78. The van der Waals surface area contributed by atoms with Crippen LogP contribution < -0.4 is 9.62 Å². The second kappa shape index (κ2) is 13.0. The molecule has 220 valence electrons. The van der Waals surface area contributed by atoms with Crippen molar-refractivity contribution in [2.24, 2.45) is 0 Å². The molecule has 1 N–H and O–H groups in total. The maximum atomic E-state index is 14.3. The van der Waals surface area contributed by atoms with Crippen molar-refractivity contribution in [3.63, 3.8) is 0 Å². The Labute approximate surface area is 253 Å². The molecule has 2 amide bonds. The van der Waals surface area contributed by atoms with Gasteiger partial charge in [0.15, 0.2) is 0 Å². The van der Waals surface area contributed by atoms with Crippen LogP contribution >= 0.6 is 11.6 Å². The van der Waals surface area contributed by atoms with Crippen LogP contribution in [0.25, 0.3) is 10.8 Å². The molecule has 0 heterocycles. The zero-order valence-electron chi connectivity index (χ0n) is 24.2. The van der Waals surface area contributed by atoms with Crippen LogP contribution in [0.2, 0.25) is 5.02 Å². The van der Waals surface area contributed by atoms with Crippen molar-refractivity contribution in [1.29, 1.82) is 0 Å². The molecule has 0 bridgehead atoms. The van der Waals surface area contributed by atoms with Crippen molar-refractivity contribution in [3.8, 4) is 0 Å². The maximum Gasteiger partial charge on any atom is 0.244 e. The second-order valence-corrected chi connectivity index (χ2v) is 13.6. The lowest BCUT2D eigenvalue weighted by Crippen LogP contribution is -2.56. The first-order valence-corrected chi connectivity index (χ1v) is 15.9. The smallest absolute Gasteiger partial charge is 0.244 e. The average molecular weight is 606 g/mol. The highest BCUT2D eigenvalue weighted by atomic mass is 35.5. The highest BCUT2D eigenvalue weighted by molar-refractivity contribution is 7.92. The Morgan fingerprint density at radius 3 is 2.14 bits per heavy atom. The summed E-state index contributed by atoms with van der Waals surface area (Å²) in [5, 5.41) is 5.00. The van der Waals surface area contributed by atoms with Gasteiger partial charge in [-0.25, -0.2) is 8.42 Å². The van der Waals surface area contributed by atoms with Gasteiger partial charge in [0.05, 0.1) is 11.9 Å². The molecular weight excluding hydrogens is 570 g/mol. The van der Waals surface area contributed by atoms with Crippen LogP contribution in [0.1, 0.15) is 31.9 Å². The molecule has 4 aromatic rings. The van der Waals surface area contributed by atoms with Gasteiger partial charge >= 0.3 is 0 Å². The van der Waals surface area contributed by atoms with Crippen LogP contribution in [-0.4, -0.2) is 49.5 Å². The summed E-state index contributed by atoms with van der Waals surface area (Å²) in [7, 11) is -3.89. The molecule has 42 heavy (non-hydrogen) atoms. The summed E-state index contributed by atoms with van der Waals surface area (Å²) < 4.78 is 27.5. The van der Waals surface area contributed by atoms with E-state index < -0.39 is 34.1 Å². The largest absolute Gasteiger partial charge is 0.350 e. The normalized spacial score (nSPS) is 12.5. The zero-order chi connectivity index (χ0) is 30.5. The number of benzene rings is 4. The van der Waals surface area contributed by atoms with Gasteiger partial charge in [0, 0.05) is 28.9 Å². The number of halogens is 1. The first-order chi connectivity index (χ1) is 19.8. The fourth-order valence-electron chi connectivity index (χ4n) is 4.84. The summed E-state index contributed by atoms with van der Waals surface area (Å²) >= 11 is 6.52. The van der Waals surface area contributed by atoms with Gasteiger partial charge in [-0.05, 0) is 49.4 Å². The third-order valence-corrected chi connectivity index (χ3v) is 8.28. The Hall–Kier alpha value is -3.88. The van der Waals surface area contributed by atoms with Crippen molar-refractivity contribution in [3.05, 3.63) is 113 Å². The predicted octanol–water partition coefficient (Wildman–Crippen LogP) is 5.81. The van der Waals surface area contributed by atoms with E-state index in [2.05, 4.69) is 5.32 Å². The minimum absolute atomic E-state index is 0.0146. The molecule has 0 aliphatic rings. The summed E-state index contributed by atoms with van der Waals surface area (Å²) in [5.74, 6) is -0.874. The van der Waals surface area contributed by atoms with Crippen LogP contribution in [-0.2, 0) is 32.6 Å². The number of hydrogen-bond donors (Lipinski definition) is 1. The van der Waals surface area contributed by atoms with Gasteiger partial charge < -0.3 is 10.2 Å². The van der Waals surface area contributed by atoms with Gasteiger partial charge in [-0.1, -0.05) is 96.5 Å². The molecule has 0 radical (unpaired) electrons. The van der Waals surface area contributed by atoms with E-state index in [0.717, 1.165) is 21.5 Å². The number of amides is 2. The van der Waals surface area contributed by atoms with Crippen LogP contribution in [0.3, 0.4) is 0 Å². The lowest BCUT2D eigenvalue weighted by atomic mass is 10.0. The van der Waals surface area contributed by atoms with Crippen molar-refractivity contribution < 1.29 is 18.0 Å². The molecule has 0 aliphatic heterocycles. The molecule has 0 unspecified atom stereocenters. The number of sulfonamides is 1. The highest BCUT2D eigenvalue weighted by Crippen LogP contribution is 2.29. The Bertz CT molecular complexity index is 1660. The topological polar surface area (TPSA) is 86.8 Å². The van der Waals surface area contributed by atoms with Crippen molar-refractivity contribution in [1.82, 2.24) is 10.2 Å². The first-order valence-electron chi connectivity index (χ1n) is 13.7. The number of anilines is 1. The molecule has 4 aromatic carbocycles. The second-order valence-electron chi connectivity index (χ2n) is 11.3. The van der Waals surface area contributed by atoms with Crippen LogP contribution in [0.15, 0.2) is 97.1 Å². The molecular formula is C33H36ClN3O4S. The molecule has 0 aromatic heterocycles. The van der Waals surface area contributed by atoms with Gasteiger partial charge in [0.1, 0.15) is 12.6 Å². The summed E-state index contributed by atoms with van der Waals surface area (Å²) in [6, 6.07) is 28.3. The van der Waals surface area contributed by atoms with Crippen LogP contribution in [0.5, 0.6) is 0 Å². The van der Waals surface area contributed by atoms with Gasteiger partial charge in [0.25, 0.3) is 0 Å². The Kier molecular flexibility index (Phi) is 9.59. The molecule has 0 fully saturated rings. The summed E-state index contributed by atoms with van der Waals surface area (Å²) in [5.41, 5.74) is 1.33. The Morgan fingerprint density at radius 1 is 0.857 bits per heavy atom. The molecule has 1 atom stereocenters. The van der Waals surface area contributed by atoms with Crippen molar-refractivity contribution in [2.45, 2.75) is 45.3 Å². The quantitative estimate of drug-likeness (QED) is 0.247. The zero-order valence-corrected chi connectivity index (χ0v) is 25.8. The number of fused-ring (bicyclic) bond motifs is 1. The molecule has 4 rings (SSSR count). The summed E-state index contributed by atoms with van der Waals surface area (Å²) in [6.07, 6.45) is 1.31. The van der Waals surface area contributed by atoms with Gasteiger partial charge in [-0.3, -0.25) is 13.9 Å². The molecule has 0 spiro atoms. The minimum atomic E-state index is -3.89. The van der Waals surface area contributed by atoms with Crippen molar-refractivity contribution >= 4 is 49.9 Å². The average Bonchev–Trinajstić information content (AvgIpc) is 2.93. The number of carbonyl (C=O) groups is 2. The molecule has 7 nitrogen and oxygen atoms in total. The van der Waals surface area contributed by atoms with E-state index in [0.29, 0.717) is 21.7 Å². The van der Waals surface area contributed by atoms with E-state index in [1.54, 1.807) is 30.3 Å². The van der Waals surface area contributed by atoms with E-state index in [-0.39, 0.29) is 18.9 Å². The van der Waals surface area contributed by atoms with Crippen LogP contribution in [0.4, 0.5) is 5.69 Å². The van der Waals surface area contributed by atoms with E-state index in [1.165, 1.54) is 4.90 Å². The summed E-state index contributed by atoms with van der Waals surface area (Å²) in [4.78, 5) is 29.6. The van der Waals surface area contributed by atoms with E-state index in [1.807, 2.05) is 87.5 Å². The van der Waals surface area contributed by atoms with E-state index >= 15 is 0 Å². The lowest BCUT2D eigenvalue weighted by Gasteiger charge is -2.35. The third kappa shape index (κ3) is 7.89. The number of nitrogens with zero attached hydrogens (tertiary/aromatic N) is 2. The monoisotopic (exact) mass is 605 g/mol. The summed E-state index contributed by atoms with van der Waals surface area (Å²) in [6.45, 7) is 5.13. The fraction of sp³-hybridized carbons (Fsp3) is 0.273. The molecule has 0 aliphatic carbocycles. The van der Waals surface area contributed by atoms with Gasteiger partial charge in [-0.2, -0.15) is 0 Å².